The molecule has 4 aromatic carbocycles. The van der Waals surface area contributed by atoms with E-state index in [2.05, 4.69) is 10.5 Å². The van der Waals surface area contributed by atoms with Crippen molar-refractivity contribution in [2.45, 2.75) is 13.8 Å². The Morgan fingerprint density at radius 2 is 1.61 bits per heavy atom. The van der Waals surface area contributed by atoms with E-state index in [1.165, 1.54) is 6.21 Å². The van der Waals surface area contributed by atoms with Crippen molar-refractivity contribution in [3.05, 3.63) is 102 Å². The van der Waals surface area contributed by atoms with Gasteiger partial charge < -0.3 is 14.2 Å². The summed E-state index contributed by atoms with van der Waals surface area (Å²) in [5, 5.41) is 5.85. The van der Waals surface area contributed by atoms with E-state index in [1.54, 1.807) is 36.4 Å². The molecule has 0 atom stereocenters. The van der Waals surface area contributed by atoms with Gasteiger partial charge in [-0.15, -0.1) is 0 Å². The van der Waals surface area contributed by atoms with Gasteiger partial charge in [0.05, 0.1) is 18.4 Å². The van der Waals surface area contributed by atoms with Crippen LogP contribution < -0.4 is 19.6 Å². The fourth-order valence-electron chi connectivity index (χ4n) is 3.57. The molecule has 1 N–H and O–H groups in total. The molecule has 1 amide bonds. The maximum Gasteiger partial charge on any atom is 0.343 e. The summed E-state index contributed by atoms with van der Waals surface area (Å²) >= 11 is 0. The Bertz CT molecular complexity index is 1400. The number of benzene rings is 4. The van der Waals surface area contributed by atoms with Crippen LogP contribution in [0.1, 0.15) is 28.4 Å². The molecule has 0 radical (unpaired) electrons. The Morgan fingerprint density at radius 1 is 0.861 bits per heavy atom. The van der Waals surface area contributed by atoms with Crippen molar-refractivity contribution in [1.29, 1.82) is 0 Å². The second-order valence-electron chi connectivity index (χ2n) is 7.89. The summed E-state index contributed by atoms with van der Waals surface area (Å²) in [4.78, 5) is 25.1. The Labute approximate surface area is 209 Å². The zero-order valence-corrected chi connectivity index (χ0v) is 20.1. The minimum Gasteiger partial charge on any atom is -0.494 e. The van der Waals surface area contributed by atoms with Gasteiger partial charge in [0, 0.05) is 5.56 Å². The molecule has 0 aliphatic rings. The number of hydrogen-bond donors (Lipinski definition) is 1. The number of fused-ring (bicyclic) bond motifs is 1. The second kappa shape index (κ2) is 11.7. The van der Waals surface area contributed by atoms with Crippen molar-refractivity contribution < 1.29 is 23.8 Å². The van der Waals surface area contributed by atoms with Gasteiger partial charge in [-0.2, -0.15) is 5.10 Å². The summed E-state index contributed by atoms with van der Waals surface area (Å²) in [6.07, 6.45) is 1.47. The van der Waals surface area contributed by atoms with E-state index in [9.17, 15) is 9.59 Å². The van der Waals surface area contributed by atoms with Gasteiger partial charge in [0.25, 0.3) is 5.91 Å². The number of rotatable bonds is 9. The quantitative estimate of drug-likeness (QED) is 0.152. The molecule has 0 aliphatic heterocycles. The second-order valence-corrected chi connectivity index (χ2v) is 7.89. The number of ether oxygens (including phenoxy) is 3. The number of hydrogen-bond acceptors (Lipinski definition) is 6. The maximum atomic E-state index is 12.8. The average Bonchev–Trinajstić information content (AvgIpc) is 2.90. The van der Waals surface area contributed by atoms with Crippen LogP contribution in [-0.4, -0.2) is 31.3 Å². The summed E-state index contributed by atoms with van der Waals surface area (Å²) < 4.78 is 16.7. The molecule has 0 spiro atoms. The largest absolute Gasteiger partial charge is 0.494 e. The lowest BCUT2D eigenvalue weighted by Gasteiger charge is -2.11. The van der Waals surface area contributed by atoms with Crippen LogP contribution in [0.4, 0.5) is 0 Å². The lowest BCUT2D eigenvalue weighted by atomic mass is 10.0. The molecule has 0 heterocycles. The summed E-state index contributed by atoms with van der Waals surface area (Å²) in [6, 6.07) is 25.4. The first kappa shape index (κ1) is 24.5. The molecule has 7 nitrogen and oxygen atoms in total. The maximum absolute atomic E-state index is 12.8. The number of nitrogens with one attached hydrogen (secondary N) is 1. The standard InChI is InChI=1S/C29H26N2O5/c1-3-34-23-15-12-22(13-16-23)29(33)36-27-17-14-21-9-5-6-10-24(21)25(27)18-30-31-28(32)19-35-26-11-7-4-8-20(26)2/h4-18H,3,19H2,1-2H3,(H,31,32). The topological polar surface area (TPSA) is 86.2 Å². The van der Waals surface area contributed by atoms with Gasteiger partial charge in [0.15, 0.2) is 6.61 Å². The van der Waals surface area contributed by atoms with E-state index in [-0.39, 0.29) is 6.61 Å². The van der Waals surface area contributed by atoms with Crippen LogP contribution >= 0.6 is 0 Å². The van der Waals surface area contributed by atoms with Crippen LogP contribution in [-0.2, 0) is 4.79 Å². The predicted molar refractivity (Wildman–Crippen MR) is 139 cm³/mol. The smallest absolute Gasteiger partial charge is 0.343 e. The first-order valence-corrected chi connectivity index (χ1v) is 11.5. The fraction of sp³-hybridized carbons (Fsp3) is 0.138. The molecule has 0 saturated carbocycles. The molecular formula is C29H26N2O5. The minimum atomic E-state index is -0.515. The third-order valence-corrected chi connectivity index (χ3v) is 5.37. The number of para-hydroxylation sites is 1. The number of amides is 1. The van der Waals surface area contributed by atoms with Crippen LogP contribution in [0.2, 0.25) is 0 Å². The zero-order chi connectivity index (χ0) is 25.3. The van der Waals surface area contributed by atoms with Crippen molar-refractivity contribution in [1.82, 2.24) is 5.43 Å². The minimum absolute atomic E-state index is 0.183. The highest BCUT2D eigenvalue weighted by atomic mass is 16.5. The van der Waals surface area contributed by atoms with Crippen LogP contribution in [0.25, 0.3) is 10.8 Å². The van der Waals surface area contributed by atoms with E-state index >= 15 is 0 Å². The van der Waals surface area contributed by atoms with Gasteiger partial charge in [-0.1, -0.05) is 48.5 Å². The van der Waals surface area contributed by atoms with Crippen molar-refractivity contribution in [2.24, 2.45) is 5.10 Å². The van der Waals surface area contributed by atoms with E-state index in [0.717, 1.165) is 16.3 Å². The van der Waals surface area contributed by atoms with Gasteiger partial charge in [-0.25, -0.2) is 10.2 Å². The molecule has 4 aromatic rings. The highest BCUT2D eigenvalue weighted by Gasteiger charge is 2.14. The van der Waals surface area contributed by atoms with Gasteiger partial charge in [0.2, 0.25) is 0 Å². The number of esters is 1. The molecule has 36 heavy (non-hydrogen) atoms. The highest BCUT2D eigenvalue weighted by molar-refractivity contribution is 6.04. The number of nitrogens with zero attached hydrogens (tertiary/aromatic N) is 1. The third-order valence-electron chi connectivity index (χ3n) is 5.37. The summed E-state index contributed by atoms with van der Waals surface area (Å²) in [6.45, 7) is 4.15. The monoisotopic (exact) mass is 482 g/mol. The van der Waals surface area contributed by atoms with Gasteiger partial charge >= 0.3 is 5.97 Å². The Hall–Kier alpha value is -4.65. The third kappa shape index (κ3) is 6.07. The van der Waals surface area contributed by atoms with Crippen LogP contribution in [0, 0.1) is 6.92 Å². The Kier molecular flexibility index (Phi) is 7.93. The number of aryl methyl sites for hydroxylation is 1. The number of carbonyl (C=O) groups is 2. The lowest BCUT2D eigenvalue weighted by Crippen LogP contribution is -2.24. The summed E-state index contributed by atoms with van der Waals surface area (Å²) in [7, 11) is 0. The van der Waals surface area contributed by atoms with E-state index in [0.29, 0.717) is 35.0 Å². The van der Waals surface area contributed by atoms with Crippen molar-refractivity contribution >= 4 is 28.9 Å². The SMILES string of the molecule is CCOc1ccc(C(=O)Oc2ccc3ccccc3c2C=NNC(=O)COc2ccccc2C)cc1. The molecule has 182 valence electrons. The normalized spacial score (nSPS) is 10.8. The van der Waals surface area contributed by atoms with E-state index < -0.39 is 11.9 Å². The number of carbonyl (C=O) groups excluding carboxylic acids is 2. The Morgan fingerprint density at radius 3 is 2.39 bits per heavy atom. The van der Waals surface area contributed by atoms with E-state index in [1.807, 2.05) is 62.4 Å². The van der Waals surface area contributed by atoms with Gasteiger partial charge in [0.1, 0.15) is 17.2 Å². The summed E-state index contributed by atoms with van der Waals surface area (Å²) in [5.74, 6) is 0.701. The molecular weight excluding hydrogens is 456 g/mol. The molecule has 7 heteroatoms. The van der Waals surface area contributed by atoms with Crippen molar-refractivity contribution in [2.75, 3.05) is 13.2 Å². The Balaban J connectivity index is 1.49. The first-order valence-electron chi connectivity index (χ1n) is 11.5. The molecule has 0 bridgehead atoms. The predicted octanol–water partition coefficient (Wildman–Crippen LogP) is 5.30. The summed E-state index contributed by atoms with van der Waals surface area (Å²) in [5.41, 5.74) is 4.35. The van der Waals surface area contributed by atoms with Gasteiger partial charge in [-0.05, 0) is 66.6 Å². The van der Waals surface area contributed by atoms with Crippen molar-refractivity contribution in [3.63, 3.8) is 0 Å². The molecule has 0 aromatic heterocycles. The molecule has 0 saturated heterocycles. The van der Waals surface area contributed by atoms with Crippen LogP contribution in [0.5, 0.6) is 17.2 Å². The zero-order valence-electron chi connectivity index (χ0n) is 20.1. The van der Waals surface area contributed by atoms with Crippen LogP contribution in [0.3, 0.4) is 0 Å². The molecule has 4 rings (SSSR count). The van der Waals surface area contributed by atoms with Crippen molar-refractivity contribution in [3.8, 4) is 17.2 Å². The van der Waals surface area contributed by atoms with Gasteiger partial charge in [-0.3, -0.25) is 4.79 Å². The molecule has 0 fully saturated rings. The first-order chi connectivity index (χ1) is 17.5. The van der Waals surface area contributed by atoms with Crippen LogP contribution in [0.15, 0.2) is 90.0 Å². The number of hydrazone groups is 1. The fourth-order valence-corrected chi connectivity index (χ4v) is 3.57. The average molecular weight is 483 g/mol. The molecule has 0 aliphatic carbocycles. The molecule has 0 unspecified atom stereocenters. The lowest BCUT2D eigenvalue weighted by molar-refractivity contribution is -0.123. The van der Waals surface area contributed by atoms with E-state index in [4.69, 9.17) is 14.2 Å². The highest BCUT2D eigenvalue weighted by Crippen LogP contribution is 2.27.